The molecule has 1 aromatic rings. The van der Waals surface area contributed by atoms with Crippen molar-refractivity contribution >= 4 is 11.6 Å². The molecule has 0 aliphatic carbocycles. The summed E-state index contributed by atoms with van der Waals surface area (Å²) in [5.41, 5.74) is 1.66. The molecule has 4 heteroatoms. The highest BCUT2D eigenvalue weighted by Gasteiger charge is 2.12. The van der Waals surface area contributed by atoms with Gasteiger partial charge in [0.15, 0.2) is 0 Å². The van der Waals surface area contributed by atoms with Gasteiger partial charge in [0.25, 0.3) is 5.91 Å². The summed E-state index contributed by atoms with van der Waals surface area (Å²) in [6, 6.07) is 7.53. The standard InChI is InChI=1S/C9H10N2O.C6H15N.C2H6/c12-9-7-3-1-2-4-8(7)10-5-6-11-9;1-4-7(5-2)6-3;1-2/h1-4,10H,5-6H2,(H,11,12);4-6H2,1-3H3;1-2H3. The van der Waals surface area contributed by atoms with E-state index in [2.05, 4.69) is 36.3 Å². The van der Waals surface area contributed by atoms with Crippen molar-refractivity contribution in [3.05, 3.63) is 29.8 Å². The van der Waals surface area contributed by atoms with Crippen LogP contribution in [0.2, 0.25) is 0 Å². The molecule has 0 fully saturated rings. The molecule has 1 aliphatic heterocycles. The van der Waals surface area contributed by atoms with Gasteiger partial charge in [-0.25, -0.2) is 0 Å². The summed E-state index contributed by atoms with van der Waals surface area (Å²) in [6.45, 7) is 15.6. The lowest BCUT2D eigenvalue weighted by atomic mass is 10.2. The van der Waals surface area contributed by atoms with Crippen LogP contribution < -0.4 is 10.6 Å². The number of amides is 1. The molecule has 0 atom stereocenters. The van der Waals surface area contributed by atoms with Gasteiger partial charge in [0, 0.05) is 18.8 Å². The molecule has 2 rings (SSSR count). The van der Waals surface area contributed by atoms with Crippen molar-refractivity contribution in [2.45, 2.75) is 34.6 Å². The molecule has 120 valence electrons. The van der Waals surface area contributed by atoms with Gasteiger partial charge < -0.3 is 15.5 Å². The fraction of sp³-hybridized carbons (Fsp3) is 0.588. The van der Waals surface area contributed by atoms with Crippen LogP contribution in [-0.4, -0.2) is 43.5 Å². The Hall–Kier alpha value is -1.55. The predicted molar refractivity (Wildman–Crippen MR) is 92.1 cm³/mol. The SMILES string of the molecule is CC.CCN(CC)CC.O=C1NCCNc2ccccc21. The highest BCUT2D eigenvalue weighted by Crippen LogP contribution is 2.15. The maximum absolute atomic E-state index is 11.4. The summed E-state index contributed by atoms with van der Waals surface area (Å²) in [5, 5.41) is 5.97. The van der Waals surface area contributed by atoms with Gasteiger partial charge in [-0.05, 0) is 31.8 Å². The van der Waals surface area contributed by atoms with Crippen LogP contribution in [0.4, 0.5) is 5.69 Å². The molecular weight excluding hydrogens is 262 g/mol. The number of hydrogen-bond acceptors (Lipinski definition) is 3. The lowest BCUT2D eigenvalue weighted by molar-refractivity contribution is 0.0958. The van der Waals surface area contributed by atoms with Gasteiger partial charge in [0.2, 0.25) is 0 Å². The number of carbonyl (C=O) groups excluding carboxylic acids is 1. The van der Waals surface area contributed by atoms with Crippen molar-refractivity contribution in [3.63, 3.8) is 0 Å². The zero-order valence-corrected chi connectivity index (χ0v) is 14.2. The second-order valence-electron chi connectivity index (χ2n) is 4.35. The number of fused-ring (bicyclic) bond motifs is 1. The molecule has 1 aliphatic rings. The molecule has 2 N–H and O–H groups in total. The van der Waals surface area contributed by atoms with Crippen molar-refractivity contribution in [3.8, 4) is 0 Å². The topological polar surface area (TPSA) is 44.4 Å². The normalized spacial score (nSPS) is 12.6. The molecule has 1 aromatic carbocycles. The summed E-state index contributed by atoms with van der Waals surface area (Å²) >= 11 is 0. The summed E-state index contributed by atoms with van der Waals surface area (Å²) < 4.78 is 0. The minimum atomic E-state index is 0.00981. The summed E-state index contributed by atoms with van der Waals surface area (Å²) in [7, 11) is 0. The summed E-state index contributed by atoms with van der Waals surface area (Å²) in [4.78, 5) is 13.7. The minimum Gasteiger partial charge on any atom is -0.383 e. The second-order valence-corrected chi connectivity index (χ2v) is 4.35. The van der Waals surface area contributed by atoms with E-state index in [-0.39, 0.29) is 5.91 Å². The highest BCUT2D eigenvalue weighted by molar-refractivity contribution is 6.00. The number of carbonyl (C=O) groups is 1. The number of rotatable bonds is 3. The Balaban J connectivity index is 0.000000385. The van der Waals surface area contributed by atoms with Crippen LogP contribution in [0.15, 0.2) is 24.3 Å². The molecule has 0 unspecified atom stereocenters. The van der Waals surface area contributed by atoms with Gasteiger partial charge in [0.05, 0.1) is 5.56 Å². The van der Waals surface area contributed by atoms with Crippen LogP contribution >= 0.6 is 0 Å². The first-order valence-electron chi connectivity index (χ1n) is 8.06. The Morgan fingerprint density at radius 2 is 1.48 bits per heavy atom. The van der Waals surface area contributed by atoms with Crippen LogP contribution in [0.3, 0.4) is 0 Å². The van der Waals surface area contributed by atoms with Gasteiger partial charge in [-0.2, -0.15) is 0 Å². The van der Waals surface area contributed by atoms with Crippen molar-refractivity contribution in [1.29, 1.82) is 0 Å². The Kier molecular flexibility index (Phi) is 11.3. The van der Waals surface area contributed by atoms with Crippen molar-refractivity contribution in [2.75, 3.05) is 38.0 Å². The quantitative estimate of drug-likeness (QED) is 0.899. The zero-order valence-electron chi connectivity index (χ0n) is 14.2. The van der Waals surface area contributed by atoms with Crippen LogP contribution in [0, 0.1) is 0 Å². The number of benzene rings is 1. The zero-order chi connectivity index (χ0) is 16.1. The third kappa shape index (κ3) is 7.14. The van der Waals surface area contributed by atoms with E-state index in [1.807, 2.05) is 38.1 Å². The molecule has 0 aromatic heterocycles. The third-order valence-corrected chi connectivity index (χ3v) is 3.24. The van der Waals surface area contributed by atoms with E-state index in [9.17, 15) is 4.79 Å². The van der Waals surface area contributed by atoms with Crippen LogP contribution in [-0.2, 0) is 0 Å². The van der Waals surface area contributed by atoms with Gasteiger partial charge in [-0.15, -0.1) is 0 Å². The number of para-hydroxylation sites is 1. The molecule has 0 spiro atoms. The maximum Gasteiger partial charge on any atom is 0.253 e. The van der Waals surface area contributed by atoms with Crippen molar-refractivity contribution in [1.82, 2.24) is 10.2 Å². The maximum atomic E-state index is 11.4. The lowest BCUT2D eigenvalue weighted by Gasteiger charge is -2.13. The number of nitrogens with one attached hydrogen (secondary N) is 2. The summed E-state index contributed by atoms with van der Waals surface area (Å²) in [6.07, 6.45) is 0. The Morgan fingerprint density at radius 1 is 0.952 bits per heavy atom. The molecule has 0 saturated heterocycles. The predicted octanol–water partition coefficient (Wildman–Crippen LogP) is 3.22. The van der Waals surface area contributed by atoms with Crippen LogP contribution in [0.1, 0.15) is 45.0 Å². The van der Waals surface area contributed by atoms with Crippen molar-refractivity contribution in [2.24, 2.45) is 0 Å². The first-order chi connectivity index (χ1) is 10.2. The fourth-order valence-corrected chi connectivity index (χ4v) is 1.97. The van der Waals surface area contributed by atoms with Crippen molar-refractivity contribution < 1.29 is 4.79 Å². The molecule has 1 amide bonds. The number of nitrogens with zero attached hydrogens (tertiary/aromatic N) is 1. The number of anilines is 1. The average molecular weight is 293 g/mol. The van der Waals surface area contributed by atoms with Gasteiger partial charge in [-0.1, -0.05) is 46.8 Å². The molecule has 0 bridgehead atoms. The first kappa shape index (κ1) is 19.4. The summed E-state index contributed by atoms with van der Waals surface area (Å²) in [5.74, 6) is 0.00981. The fourth-order valence-electron chi connectivity index (χ4n) is 1.97. The van der Waals surface area contributed by atoms with Gasteiger partial charge >= 0.3 is 0 Å². The highest BCUT2D eigenvalue weighted by atomic mass is 16.1. The molecule has 4 nitrogen and oxygen atoms in total. The van der Waals surface area contributed by atoms with E-state index < -0.39 is 0 Å². The van der Waals surface area contributed by atoms with E-state index >= 15 is 0 Å². The molecule has 0 radical (unpaired) electrons. The third-order valence-electron chi connectivity index (χ3n) is 3.24. The Morgan fingerprint density at radius 3 is 2.00 bits per heavy atom. The Bertz CT molecular complexity index is 384. The van der Waals surface area contributed by atoms with E-state index in [1.54, 1.807) is 0 Å². The molecular formula is C17H31N3O. The van der Waals surface area contributed by atoms with E-state index in [0.717, 1.165) is 17.8 Å². The Labute approximate surface area is 129 Å². The lowest BCUT2D eigenvalue weighted by Crippen LogP contribution is -2.24. The average Bonchev–Trinajstić information content (AvgIpc) is 2.74. The monoisotopic (exact) mass is 293 g/mol. The number of hydrogen-bond donors (Lipinski definition) is 2. The van der Waals surface area contributed by atoms with Crippen LogP contribution in [0.5, 0.6) is 0 Å². The van der Waals surface area contributed by atoms with Gasteiger partial charge in [0.1, 0.15) is 0 Å². The molecule has 21 heavy (non-hydrogen) atoms. The smallest absolute Gasteiger partial charge is 0.253 e. The van der Waals surface area contributed by atoms with Gasteiger partial charge in [-0.3, -0.25) is 4.79 Å². The van der Waals surface area contributed by atoms with Crippen LogP contribution in [0.25, 0.3) is 0 Å². The molecule has 0 saturated carbocycles. The first-order valence-corrected chi connectivity index (χ1v) is 8.06. The molecule has 1 heterocycles. The van der Waals surface area contributed by atoms with E-state index in [1.165, 1.54) is 19.6 Å². The van der Waals surface area contributed by atoms with E-state index in [0.29, 0.717) is 6.54 Å². The minimum absolute atomic E-state index is 0.00981. The van der Waals surface area contributed by atoms with E-state index in [4.69, 9.17) is 0 Å². The largest absolute Gasteiger partial charge is 0.383 e. The second kappa shape index (κ2) is 12.2.